The predicted molar refractivity (Wildman–Crippen MR) is 92.1 cm³/mol. The van der Waals surface area contributed by atoms with Crippen LogP contribution in [0.2, 0.25) is 0 Å². The Kier molecular flexibility index (Phi) is 5.02. The SMILES string of the molecule is CS(=O)(=O)c1cccc(NC(=O)c2c(C(F)(F)F)cnn2CC2CCC2)c1. The molecule has 0 radical (unpaired) electrons. The van der Waals surface area contributed by atoms with Gasteiger partial charge in [-0.05, 0) is 37.0 Å². The zero-order chi connectivity index (χ0) is 19.8. The average molecular weight is 401 g/mol. The van der Waals surface area contributed by atoms with Crippen LogP contribution in [0, 0.1) is 5.92 Å². The van der Waals surface area contributed by atoms with E-state index in [9.17, 15) is 26.4 Å². The van der Waals surface area contributed by atoms with Gasteiger partial charge in [0.2, 0.25) is 0 Å². The largest absolute Gasteiger partial charge is 0.420 e. The Morgan fingerprint density at radius 2 is 2.04 bits per heavy atom. The third-order valence-electron chi connectivity index (χ3n) is 4.54. The molecular formula is C17H18F3N3O3S. The van der Waals surface area contributed by atoms with E-state index in [0.717, 1.165) is 30.2 Å². The first-order valence-corrected chi connectivity index (χ1v) is 10.2. The van der Waals surface area contributed by atoms with E-state index in [-0.39, 0.29) is 23.0 Å². The van der Waals surface area contributed by atoms with Crippen LogP contribution in [0.15, 0.2) is 35.4 Å². The first kappa shape index (κ1) is 19.4. The third-order valence-corrected chi connectivity index (χ3v) is 5.65. The number of benzene rings is 1. The lowest BCUT2D eigenvalue weighted by atomic mass is 9.85. The Labute approximate surface area is 154 Å². The molecule has 27 heavy (non-hydrogen) atoms. The number of amides is 1. The number of sulfone groups is 1. The molecule has 0 aliphatic heterocycles. The summed E-state index contributed by atoms with van der Waals surface area (Å²) in [6.07, 6.45) is -0.280. The van der Waals surface area contributed by atoms with Crippen LogP contribution < -0.4 is 5.32 Å². The summed E-state index contributed by atoms with van der Waals surface area (Å²) in [6, 6.07) is 5.36. The summed E-state index contributed by atoms with van der Waals surface area (Å²) in [5, 5.41) is 6.12. The van der Waals surface area contributed by atoms with Crippen LogP contribution in [0.1, 0.15) is 35.3 Å². The maximum atomic E-state index is 13.3. The molecule has 1 saturated carbocycles. The van der Waals surface area contributed by atoms with Crippen molar-refractivity contribution in [2.75, 3.05) is 11.6 Å². The monoisotopic (exact) mass is 401 g/mol. The summed E-state index contributed by atoms with van der Waals surface area (Å²) < 4.78 is 64.2. The van der Waals surface area contributed by atoms with E-state index in [4.69, 9.17) is 0 Å². The van der Waals surface area contributed by atoms with E-state index in [1.807, 2.05) is 0 Å². The first-order chi connectivity index (χ1) is 12.6. The molecule has 1 aliphatic rings. The summed E-state index contributed by atoms with van der Waals surface area (Å²) in [5.74, 6) is -0.782. The molecule has 1 amide bonds. The second-order valence-corrected chi connectivity index (χ2v) is 8.65. The molecule has 1 aliphatic carbocycles. The fraction of sp³-hybridized carbons (Fsp3) is 0.412. The molecule has 0 atom stereocenters. The molecule has 2 aromatic rings. The molecule has 1 fully saturated rings. The van der Waals surface area contributed by atoms with Crippen molar-refractivity contribution in [3.63, 3.8) is 0 Å². The zero-order valence-electron chi connectivity index (χ0n) is 14.5. The van der Waals surface area contributed by atoms with Gasteiger partial charge in [-0.2, -0.15) is 18.3 Å². The minimum atomic E-state index is -4.72. The van der Waals surface area contributed by atoms with Crippen LogP contribution in [-0.2, 0) is 22.6 Å². The lowest BCUT2D eigenvalue weighted by Gasteiger charge is -2.25. The van der Waals surface area contributed by atoms with E-state index >= 15 is 0 Å². The van der Waals surface area contributed by atoms with Gasteiger partial charge in [0, 0.05) is 18.5 Å². The number of hydrogen-bond acceptors (Lipinski definition) is 4. The van der Waals surface area contributed by atoms with Crippen molar-refractivity contribution < 1.29 is 26.4 Å². The second kappa shape index (κ2) is 6.99. The lowest BCUT2D eigenvalue weighted by Crippen LogP contribution is -2.26. The first-order valence-electron chi connectivity index (χ1n) is 8.30. The quantitative estimate of drug-likeness (QED) is 0.833. The summed E-state index contributed by atoms with van der Waals surface area (Å²) in [7, 11) is -3.52. The van der Waals surface area contributed by atoms with Gasteiger partial charge in [0.15, 0.2) is 9.84 Å². The summed E-state index contributed by atoms with van der Waals surface area (Å²) >= 11 is 0. The number of anilines is 1. The van der Waals surface area contributed by atoms with Gasteiger partial charge in [0.05, 0.1) is 11.1 Å². The number of carbonyl (C=O) groups is 1. The summed E-state index contributed by atoms with van der Waals surface area (Å²) in [6.45, 7) is 0.238. The number of aromatic nitrogens is 2. The normalized spacial score (nSPS) is 15.4. The van der Waals surface area contributed by atoms with Crippen molar-refractivity contribution >= 4 is 21.4 Å². The van der Waals surface area contributed by atoms with Crippen molar-refractivity contribution in [3.8, 4) is 0 Å². The van der Waals surface area contributed by atoms with Crippen LogP contribution in [0.5, 0.6) is 0 Å². The zero-order valence-corrected chi connectivity index (χ0v) is 15.3. The molecule has 1 heterocycles. The molecule has 3 rings (SSSR count). The fourth-order valence-electron chi connectivity index (χ4n) is 2.89. The highest BCUT2D eigenvalue weighted by Gasteiger charge is 2.39. The summed E-state index contributed by atoms with van der Waals surface area (Å²) in [5.41, 5.74) is -1.59. The maximum absolute atomic E-state index is 13.3. The van der Waals surface area contributed by atoms with Gasteiger partial charge in [0.25, 0.3) is 5.91 Å². The van der Waals surface area contributed by atoms with Crippen LogP contribution in [-0.4, -0.2) is 30.4 Å². The Bertz CT molecular complexity index is 963. The Morgan fingerprint density at radius 1 is 1.33 bits per heavy atom. The van der Waals surface area contributed by atoms with Crippen LogP contribution in [0.4, 0.5) is 18.9 Å². The van der Waals surface area contributed by atoms with Crippen LogP contribution >= 0.6 is 0 Å². The topological polar surface area (TPSA) is 81.1 Å². The van der Waals surface area contributed by atoms with Crippen molar-refractivity contribution in [2.45, 2.75) is 36.9 Å². The van der Waals surface area contributed by atoms with Gasteiger partial charge < -0.3 is 5.32 Å². The van der Waals surface area contributed by atoms with E-state index < -0.39 is 33.2 Å². The fourth-order valence-corrected chi connectivity index (χ4v) is 3.55. The third kappa shape index (κ3) is 4.32. The van der Waals surface area contributed by atoms with Gasteiger partial charge in [0.1, 0.15) is 11.3 Å². The molecule has 1 N–H and O–H groups in total. The van der Waals surface area contributed by atoms with Gasteiger partial charge in [-0.1, -0.05) is 12.5 Å². The molecule has 1 aromatic heterocycles. The van der Waals surface area contributed by atoms with Gasteiger partial charge in [-0.3, -0.25) is 9.48 Å². The molecule has 146 valence electrons. The van der Waals surface area contributed by atoms with Crippen LogP contribution in [0.3, 0.4) is 0 Å². The van der Waals surface area contributed by atoms with E-state index in [1.54, 1.807) is 0 Å². The van der Waals surface area contributed by atoms with Crippen molar-refractivity contribution in [3.05, 3.63) is 41.7 Å². The minimum Gasteiger partial charge on any atom is -0.321 e. The number of halogens is 3. The number of carbonyl (C=O) groups excluding carboxylic acids is 1. The lowest BCUT2D eigenvalue weighted by molar-refractivity contribution is -0.138. The molecule has 10 heteroatoms. The van der Waals surface area contributed by atoms with Crippen molar-refractivity contribution in [2.24, 2.45) is 5.92 Å². The molecular weight excluding hydrogens is 383 g/mol. The van der Waals surface area contributed by atoms with E-state index in [2.05, 4.69) is 10.4 Å². The average Bonchev–Trinajstić information content (AvgIpc) is 2.94. The van der Waals surface area contributed by atoms with E-state index in [1.165, 1.54) is 24.3 Å². The Hall–Kier alpha value is -2.36. The molecule has 0 unspecified atom stereocenters. The van der Waals surface area contributed by atoms with Crippen LogP contribution in [0.25, 0.3) is 0 Å². The molecule has 0 saturated heterocycles. The highest BCUT2D eigenvalue weighted by Crippen LogP contribution is 2.34. The minimum absolute atomic E-state index is 0.0423. The van der Waals surface area contributed by atoms with Gasteiger partial charge >= 0.3 is 6.18 Å². The number of rotatable bonds is 5. The molecule has 0 spiro atoms. The maximum Gasteiger partial charge on any atom is 0.420 e. The van der Waals surface area contributed by atoms with Gasteiger partial charge in [-0.25, -0.2) is 8.42 Å². The Morgan fingerprint density at radius 3 is 2.59 bits per heavy atom. The number of nitrogens with zero attached hydrogens (tertiary/aromatic N) is 2. The molecule has 6 nitrogen and oxygen atoms in total. The Balaban J connectivity index is 1.92. The molecule has 1 aromatic carbocycles. The van der Waals surface area contributed by atoms with Crippen molar-refractivity contribution in [1.82, 2.24) is 9.78 Å². The number of alkyl halides is 3. The number of nitrogens with one attached hydrogen (secondary N) is 1. The smallest absolute Gasteiger partial charge is 0.321 e. The summed E-state index contributed by atoms with van der Waals surface area (Å²) in [4.78, 5) is 12.5. The van der Waals surface area contributed by atoms with E-state index in [0.29, 0.717) is 6.20 Å². The second-order valence-electron chi connectivity index (χ2n) is 6.64. The number of hydrogen-bond donors (Lipinski definition) is 1. The molecule has 0 bridgehead atoms. The standard InChI is InChI=1S/C17H18F3N3O3S/c1-27(25,26)13-7-3-6-12(8-13)22-16(24)15-14(17(18,19)20)9-21-23(15)10-11-4-2-5-11/h3,6-9,11H,2,4-5,10H2,1H3,(H,22,24). The van der Waals surface area contributed by atoms with Gasteiger partial charge in [-0.15, -0.1) is 0 Å². The predicted octanol–water partition coefficient (Wildman–Crippen LogP) is 3.36. The highest BCUT2D eigenvalue weighted by molar-refractivity contribution is 7.90. The van der Waals surface area contributed by atoms with Crippen molar-refractivity contribution in [1.29, 1.82) is 0 Å². The highest BCUT2D eigenvalue weighted by atomic mass is 32.2.